The predicted octanol–water partition coefficient (Wildman–Crippen LogP) is 1.51. The van der Waals surface area contributed by atoms with Crippen molar-refractivity contribution in [1.29, 1.82) is 0 Å². The van der Waals surface area contributed by atoms with Crippen molar-refractivity contribution < 1.29 is 9.53 Å². The minimum Gasteiger partial charge on any atom is -0.497 e. The molecule has 0 bridgehead atoms. The Bertz CT molecular complexity index is 546. The number of rotatable bonds is 2. The number of benzene rings is 1. The molecule has 0 unspecified atom stereocenters. The molecule has 1 aromatic carbocycles. The lowest BCUT2D eigenvalue weighted by atomic mass is 10.1. The third-order valence-electron chi connectivity index (χ3n) is 2.73. The zero-order valence-corrected chi connectivity index (χ0v) is 9.30. The van der Waals surface area contributed by atoms with Gasteiger partial charge in [-0.25, -0.2) is 4.68 Å². The minimum atomic E-state index is -0.0196. The summed E-state index contributed by atoms with van der Waals surface area (Å²) in [5.74, 6) is 1.54. The van der Waals surface area contributed by atoms with E-state index in [4.69, 9.17) is 4.74 Å². The Labute approximate surface area is 98.0 Å². The van der Waals surface area contributed by atoms with Crippen molar-refractivity contribution in [2.45, 2.75) is 6.54 Å². The molecule has 0 saturated carbocycles. The van der Waals surface area contributed by atoms with Crippen LogP contribution in [0, 0.1) is 0 Å². The van der Waals surface area contributed by atoms with E-state index in [2.05, 4.69) is 10.4 Å². The average molecular weight is 229 g/mol. The highest BCUT2D eigenvalue weighted by atomic mass is 16.5. The molecule has 5 heteroatoms. The van der Waals surface area contributed by atoms with Crippen molar-refractivity contribution in [2.75, 3.05) is 12.4 Å². The van der Waals surface area contributed by atoms with Gasteiger partial charge in [-0.15, -0.1) is 0 Å². The smallest absolute Gasteiger partial charge is 0.247 e. The van der Waals surface area contributed by atoms with Gasteiger partial charge in [0.1, 0.15) is 18.1 Å². The summed E-state index contributed by atoms with van der Waals surface area (Å²) in [6, 6.07) is 9.53. The van der Waals surface area contributed by atoms with Gasteiger partial charge in [-0.1, -0.05) is 0 Å². The molecule has 3 rings (SSSR count). The Morgan fingerprint density at radius 2 is 2.12 bits per heavy atom. The van der Waals surface area contributed by atoms with E-state index >= 15 is 0 Å². The molecule has 17 heavy (non-hydrogen) atoms. The fraction of sp³-hybridized carbons (Fsp3) is 0.167. The fourth-order valence-corrected chi connectivity index (χ4v) is 1.86. The molecule has 5 nitrogen and oxygen atoms in total. The van der Waals surface area contributed by atoms with E-state index in [1.54, 1.807) is 11.8 Å². The molecule has 2 aromatic rings. The molecular formula is C12H11N3O2. The van der Waals surface area contributed by atoms with Gasteiger partial charge in [0.2, 0.25) is 5.91 Å². The summed E-state index contributed by atoms with van der Waals surface area (Å²) in [4.78, 5) is 11.1. The molecule has 1 amide bonds. The van der Waals surface area contributed by atoms with Gasteiger partial charge in [0, 0.05) is 11.6 Å². The first kappa shape index (κ1) is 9.89. The molecule has 0 fully saturated rings. The van der Waals surface area contributed by atoms with Crippen LogP contribution in [0.4, 0.5) is 5.82 Å². The summed E-state index contributed by atoms with van der Waals surface area (Å²) in [7, 11) is 1.63. The van der Waals surface area contributed by atoms with Crippen molar-refractivity contribution in [3.63, 3.8) is 0 Å². The van der Waals surface area contributed by atoms with Crippen molar-refractivity contribution in [3.05, 3.63) is 30.3 Å². The number of carbonyl (C=O) groups is 1. The number of methoxy groups -OCH3 is 1. The number of hydrogen-bond acceptors (Lipinski definition) is 3. The van der Waals surface area contributed by atoms with Crippen molar-refractivity contribution in [3.8, 4) is 17.0 Å². The maximum Gasteiger partial charge on any atom is 0.247 e. The molecule has 1 aliphatic rings. The van der Waals surface area contributed by atoms with Crippen molar-refractivity contribution >= 4 is 11.7 Å². The van der Waals surface area contributed by atoms with E-state index in [1.165, 1.54) is 0 Å². The second kappa shape index (κ2) is 3.62. The molecule has 1 aromatic heterocycles. The van der Waals surface area contributed by atoms with E-state index < -0.39 is 0 Å². The van der Waals surface area contributed by atoms with Crippen LogP contribution in [0.3, 0.4) is 0 Å². The summed E-state index contributed by atoms with van der Waals surface area (Å²) >= 11 is 0. The van der Waals surface area contributed by atoms with Crippen LogP contribution >= 0.6 is 0 Å². The van der Waals surface area contributed by atoms with Gasteiger partial charge in [0.25, 0.3) is 0 Å². The van der Waals surface area contributed by atoms with Crippen LogP contribution in [0.5, 0.6) is 5.75 Å². The maximum atomic E-state index is 11.1. The Balaban J connectivity index is 1.94. The number of ether oxygens (including phenoxy) is 1. The van der Waals surface area contributed by atoms with Crippen LogP contribution in [0.15, 0.2) is 30.3 Å². The molecule has 0 atom stereocenters. The molecule has 0 spiro atoms. The van der Waals surface area contributed by atoms with Gasteiger partial charge >= 0.3 is 0 Å². The molecule has 86 valence electrons. The van der Waals surface area contributed by atoms with E-state index in [0.717, 1.165) is 22.8 Å². The SMILES string of the molecule is COc1ccc(-c2cc3n(n2)CC(=O)N3)cc1. The number of hydrogen-bond donors (Lipinski definition) is 1. The first-order valence-electron chi connectivity index (χ1n) is 5.28. The Hall–Kier alpha value is -2.30. The number of aromatic nitrogens is 2. The first-order chi connectivity index (χ1) is 8.26. The van der Waals surface area contributed by atoms with Gasteiger partial charge in [0.15, 0.2) is 0 Å². The van der Waals surface area contributed by atoms with Gasteiger partial charge in [-0.3, -0.25) is 4.79 Å². The Morgan fingerprint density at radius 1 is 1.35 bits per heavy atom. The van der Waals surface area contributed by atoms with Crippen LogP contribution < -0.4 is 10.1 Å². The summed E-state index contributed by atoms with van der Waals surface area (Å²) in [6.45, 7) is 0.297. The Kier molecular flexibility index (Phi) is 2.11. The second-order valence-corrected chi connectivity index (χ2v) is 3.85. The highest BCUT2D eigenvalue weighted by Gasteiger charge is 2.19. The molecular weight excluding hydrogens is 218 g/mol. The van der Waals surface area contributed by atoms with E-state index in [0.29, 0.717) is 6.54 Å². The van der Waals surface area contributed by atoms with Crippen molar-refractivity contribution in [1.82, 2.24) is 9.78 Å². The lowest BCUT2D eigenvalue weighted by molar-refractivity contribution is -0.115. The lowest BCUT2D eigenvalue weighted by Gasteiger charge is -2.00. The maximum absolute atomic E-state index is 11.1. The highest BCUT2D eigenvalue weighted by molar-refractivity contribution is 5.94. The third-order valence-corrected chi connectivity index (χ3v) is 2.73. The fourth-order valence-electron chi connectivity index (χ4n) is 1.86. The van der Waals surface area contributed by atoms with Crippen molar-refractivity contribution in [2.24, 2.45) is 0 Å². The summed E-state index contributed by atoms with van der Waals surface area (Å²) in [5.41, 5.74) is 1.85. The highest BCUT2D eigenvalue weighted by Crippen LogP contribution is 2.25. The quantitative estimate of drug-likeness (QED) is 0.849. The summed E-state index contributed by atoms with van der Waals surface area (Å²) in [6.07, 6.45) is 0. The predicted molar refractivity (Wildman–Crippen MR) is 62.8 cm³/mol. The Morgan fingerprint density at radius 3 is 2.76 bits per heavy atom. The topological polar surface area (TPSA) is 56.2 Å². The number of fused-ring (bicyclic) bond motifs is 1. The molecule has 2 heterocycles. The largest absolute Gasteiger partial charge is 0.497 e. The summed E-state index contributed by atoms with van der Waals surface area (Å²) in [5, 5.41) is 7.11. The van der Waals surface area contributed by atoms with Crippen LogP contribution in [0.25, 0.3) is 11.3 Å². The van der Waals surface area contributed by atoms with E-state index in [1.807, 2.05) is 30.3 Å². The number of nitrogens with one attached hydrogen (secondary N) is 1. The second-order valence-electron chi connectivity index (χ2n) is 3.85. The molecule has 1 aliphatic heterocycles. The van der Waals surface area contributed by atoms with Gasteiger partial charge in [-0.2, -0.15) is 5.10 Å². The third kappa shape index (κ3) is 1.65. The summed E-state index contributed by atoms with van der Waals surface area (Å²) < 4.78 is 6.77. The van der Waals surface area contributed by atoms with E-state index in [9.17, 15) is 4.79 Å². The number of amides is 1. The average Bonchev–Trinajstić information content (AvgIpc) is 2.86. The molecule has 1 N–H and O–H groups in total. The van der Waals surface area contributed by atoms with Crippen LogP contribution in [0.2, 0.25) is 0 Å². The number of anilines is 1. The first-order valence-corrected chi connectivity index (χ1v) is 5.28. The number of carbonyl (C=O) groups excluding carboxylic acids is 1. The zero-order chi connectivity index (χ0) is 11.8. The monoisotopic (exact) mass is 229 g/mol. The zero-order valence-electron chi connectivity index (χ0n) is 9.30. The number of nitrogens with zero attached hydrogens (tertiary/aromatic N) is 2. The van der Waals surface area contributed by atoms with Crippen LogP contribution in [0.1, 0.15) is 0 Å². The minimum absolute atomic E-state index is 0.0196. The van der Waals surface area contributed by atoms with E-state index in [-0.39, 0.29) is 5.91 Å². The van der Waals surface area contributed by atoms with Gasteiger partial charge in [-0.05, 0) is 24.3 Å². The van der Waals surface area contributed by atoms with Crippen LogP contribution in [-0.4, -0.2) is 22.8 Å². The standard InChI is InChI=1S/C12H11N3O2/c1-17-9-4-2-8(3-5-9)10-6-11-13-12(16)7-15(11)14-10/h2-6H,7H2,1H3,(H,13,16). The van der Waals surface area contributed by atoms with Crippen LogP contribution in [-0.2, 0) is 11.3 Å². The molecule has 0 aliphatic carbocycles. The lowest BCUT2D eigenvalue weighted by Crippen LogP contribution is -2.06. The molecule has 0 radical (unpaired) electrons. The molecule has 0 saturated heterocycles. The van der Waals surface area contributed by atoms with Gasteiger partial charge < -0.3 is 10.1 Å². The van der Waals surface area contributed by atoms with Gasteiger partial charge in [0.05, 0.1) is 12.8 Å². The normalized spacial score (nSPS) is 13.4.